The van der Waals surface area contributed by atoms with Gasteiger partial charge in [-0.3, -0.25) is 25.0 Å². The van der Waals surface area contributed by atoms with Gasteiger partial charge in [-0.1, -0.05) is 12.1 Å². The lowest BCUT2D eigenvalue weighted by Gasteiger charge is -2.04. The second-order valence-corrected chi connectivity index (χ2v) is 4.75. The fourth-order valence-electron chi connectivity index (χ4n) is 1.99. The molecule has 116 valence electrons. The molecule has 3 rings (SSSR count). The Morgan fingerprint density at radius 1 is 1.22 bits per heavy atom. The number of nitrogens with one attached hydrogen (secondary N) is 2. The van der Waals surface area contributed by atoms with Crippen LogP contribution in [0.25, 0.3) is 11.5 Å². The van der Waals surface area contributed by atoms with E-state index in [1.165, 1.54) is 10.6 Å². The first kappa shape index (κ1) is 14.6. The second kappa shape index (κ2) is 6.65. The highest BCUT2D eigenvalue weighted by atomic mass is 16.2. The molecule has 0 fully saturated rings. The third kappa shape index (κ3) is 3.67. The molecule has 2 N–H and O–H groups in total. The van der Waals surface area contributed by atoms with Gasteiger partial charge >= 0.3 is 0 Å². The minimum atomic E-state index is -0.271. The number of H-pyrrole nitrogens is 1. The van der Waals surface area contributed by atoms with E-state index < -0.39 is 0 Å². The number of pyridine rings is 2. The summed E-state index contributed by atoms with van der Waals surface area (Å²) >= 11 is 0. The van der Waals surface area contributed by atoms with Crippen molar-refractivity contribution in [1.29, 1.82) is 0 Å². The van der Waals surface area contributed by atoms with E-state index in [4.69, 9.17) is 0 Å². The molecule has 1 amide bonds. The van der Waals surface area contributed by atoms with Crippen molar-refractivity contribution < 1.29 is 4.79 Å². The van der Waals surface area contributed by atoms with Gasteiger partial charge in [0.25, 0.3) is 5.56 Å². The van der Waals surface area contributed by atoms with Gasteiger partial charge in [0, 0.05) is 31.4 Å². The van der Waals surface area contributed by atoms with Crippen LogP contribution >= 0.6 is 0 Å². The monoisotopic (exact) mass is 310 g/mol. The van der Waals surface area contributed by atoms with Crippen LogP contribution in [0.4, 0.5) is 5.95 Å². The van der Waals surface area contributed by atoms with Crippen molar-refractivity contribution in [2.75, 3.05) is 5.32 Å². The lowest BCUT2D eigenvalue weighted by molar-refractivity contribution is -0.116. The van der Waals surface area contributed by atoms with Gasteiger partial charge in [0.1, 0.15) is 5.69 Å². The molecule has 0 radical (unpaired) electrons. The van der Waals surface area contributed by atoms with Crippen LogP contribution in [0.3, 0.4) is 0 Å². The Morgan fingerprint density at radius 3 is 2.87 bits per heavy atom. The van der Waals surface area contributed by atoms with E-state index >= 15 is 0 Å². The number of hydrogen-bond donors (Lipinski definition) is 2. The zero-order chi connectivity index (χ0) is 16.1. The molecule has 8 heteroatoms. The summed E-state index contributed by atoms with van der Waals surface area (Å²) in [5, 5.41) is 9.23. The Morgan fingerprint density at radius 2 is 2.09 bits per heavy atom. The normalized spacial score (nSPS) is 10.4. The van der Waals surface area contributed by atoms with Crippen molar-refractivity contribution >= 4 is 11.9 Å². The van der Waals surface area contributed by atoms with E-state index in [0.717, 1.165) is 0 Å². The molecule has 3 aromatic rings. The highest BCUT2D eigenvalue weighted by Crippen LogP contribution is 2.12. The topological polar surface area (TPSA) is 106 Å². The average Bonchev–Trinajstić information content (AvgIpc) is 3.03. The first-order valence-electron chi connectivity index (χ1n) is 7.01. The minimum Gasteiger partial charge on any atom is -0.315 e. The van der Waals surface area contributed by atoms with Gasteiger partial charge < -0.3 is 4.57 Å². The average molecular weight is 310 g/mol. The third-order valence-corrected chi connectivity index (χ3v) is 3.12. The lowest BCUT2D eigenvalue weighted by atomic mass is 10.3. The molecule has 0 saturated heterocycles. The SMILES string of the molecule is O=C(CCn1ccccc1=O)Nc1n[nH]c(-c2ccccn2)n1. The summed E-state index contributed by atoms with van der Waals surface area (Å²) in [4.78, 5) is 31.8. The van der Waals surface area contributed by atoms with Crippen LogP contribution in [0.2, 0.25) is 0 Å². The summed E-state index contributed by atoms with van der Waals surface area (Å²) < 4.78 is 1.47. The van der Waals surface area contributed by atoms with Crippen LogP contribution in [0, 0.1) is 0 Å². The molecule has 0 aliphatic heterocycles. The van der Waals surface area contributed by atoms with E-state index in [1.807, 2.05) is 6.07 Å². The van der Waals surface area contributed by atoms with Crippen molar-refractivity contribution in [3.8, 4) is 11.5 Å². The minimum absolute atomic E-state index is 0.143. The summed E-state index contributed by atoms with van der Waals surface area (Å²) in [6.45, 7) is 0.295. The highest BCUT2D eigenvalue weighted by molar-refractivity contribution is 5.88. The van der Waals surface area contributed by atoms with E-state index in [1.54, 1.807) is 36.7 Å². The molecule has 0 saturated carbocycles. The number of carbonyl (C=O) groups excluding carboxylic acids is 1. The maximum atomic E-state index is 11.9. The molecule has 0 aromatic carbocycles. The predicted octanol–water partition coefficient (Wildman–Crippen LogP) is 1.06. The van der Waals surface area contributed by atoms with Gasteiger partial charge in [-0.2, -0.15) is 4.98 Å². The standard InChI is InChI=1S/C15H14N6O2/c22-12(7-10-21-9-4-2-6-13(21)23)17-15-18-14(19-20-15)11-5-1-3-8-16-11/h1-6,8-9H,7,10H2,(H2,17,18,19,20,22). The Hall–Kier alpha value is -3.29. The number of nitrogens with zero attached hydrogens (tertiary/aromatic N) is 4. The Kier molecular flexibility index (Phi) is 4.23. The summed E-state index contributed by atoms with van der Waals surface area (Å²) in [6, 6.07) is 10.3. The number of hydrogen-bond acceptors (Lipinski definition) is 5. The smallest absolute Gasteiger partial charge is 0.250 e. The number of aryl methyl sites for hydroxylation is 1. The summed E-state index contributed by atoms with van der Waals surface area (Å²) in [6.07, 6.45) is 3.44. The fraction of sp³-hybridized carbons (Fsp3) is 0.133. The van der Waals surface area contributed by atoms with Crippen LogP contribution in [-0.2, 0) is 11.3 Å². The quantitative estimate of drug-likeness (QED) is 0.733. The van der Waals surface area contributed by atoms with Gasteiger partial charge in [0.2, 0.25) is 11.9 Å². The van der Waals surface area contributed by atoms with Crippen LogP contribution in [0.15, 0.2) is 53.6 Å². The first-order valence-corrected chi connectivity index (χ1v) is 7.01. The molecule has 0 spiro atoms. The molecular formula is C15H14N6O2. The zero-order valence-corrected chi connectivity index (χ0v) is 12.1. The van der Waals surface area contributed by atoms with Crippen molar-refractivity contribution in [3.63, 3.8) is 0 Å². The van der Waals surface area contributed by atoms with Crippen LogP contribution in [0.5, 0.6) is 0 Å². The predicted molar refractivity (Wildman–Crippen MR) is 83.6 cm³/mol. The van der Waals surface area contributed by atoms with Gasteiger partial charge in [-0.25, -0.2) is 0 Å². The molecule has 0 aliphatic rings. The number of aromatic nitrogens is 5. The molecule has 3 heterocycles. The fourth-order valence-corrected chi connectivity index (χ4v) is 1.99. The molecule has 3 aromatic heterocycles. The Labute approximate surface area is 131 Å². The molecular weight excluding hydrogens is 296 g/mol. The van der Waals surface area contributed by atoms with Gasteiger partial charge in [-0.15, -0.1) is 5.10 Å². The Bertz CT molecular complexity index is 855. The zero-order valence-electron chi connectivity index (χ0n) is 12.1. The van der Waals surface area contributed by atoms with Crippen LogP contribution in [0.1, 0.15) is 6.42 Å². The Balaban J connectivity index is 1.59. The summed E-state index contributed by atoms with van der Waals surface area (Å²) in [5.41, 5.74) is 0.493. The van der Waals surface area contributed by atoms with Crippen LogP contribution in [-0.4, -0.2) is 30.6 Å². The van der Waals surface area contributed by atoms with Crippen molar-refractivity contribution in [3.05, 3.63) is 59.1 Å². The molecule has 8 nitrogen and oxygen atoms in total. The molecule has 23 heavy (non-hydrogen) atoms. The van der Waals surface area contributed by atoms with Crippen molar-refractivity contribution in [1.82, 2.24) is 24.7 Å². The molecule has 0 aliphatic carbocycles. The first-order chi connectivity index (χ1) is 11.2. The second-order valence-electron chi connectivity index (χ2n) is 4.75. The van der Waals surface area contributed by atoms with Crippen LogP contribution < -0.4 is 10.9 Å². The summed E-state index contributed by atoms with van der Waals surface area (Å²) in [5.74, 6) is 0.378. The van der Waals surface area contributed by atoms with E-state index in [9.17, 15) is 9.59 Å². The van der Waals surface area contributed by atoms with Crippen molar-refractivity contribution in [2.24, 2.45) is 0 Å². The third-order valence-electron chi connectivity index (χ3n) is 3.12. The van der Waals surface area contributed by atoms with Crippen molar-refractivity contribution in [2.45, 2.75) is 13.0 Å². The number of anilines is 1. The number of amides is 1. The maximum absolute atomic E-state index is 11.9. The van der Waals surface area contributed by atoms with E-state index in [-0.39, 0.29) is 23.8 Å². The maximum Gasteiger partial charge on any atom is 0.250 e. The molecule has 0 atom stereocenters. The number of carbonyl (C=O) groups is 1. The van der Waals surface area contributed by atoms with Gasteiger partial charge in [0.05, 0.1) is 0 Å². The lowest BCUT2D eigenvalue weighted by Crippen LogP contribution is -2.22. The van der Waals surface area contributed by atoms with E-state index in [0.29, 0.717) is 18.1 Å². The van der Waals surface area contributed by atoms with Gasteiger partial charge in [0.15, 0.2) is 5.82 Å². The molecule has 0 unspecified atom stereocenters. The van der Waals surface area contributed by atoms with E-state index in [2.05, 4.69) is 25.5 Å². The highest BCUT2D eigenvalue weighted by Gasteiger charge is 2.09. The summed E-state index contributed by atoms with van der Waals surface area (Å²) in [7, 11) is 0. The number of rotatable bonds is 5. The van der Waals surface area contributed by atoms with Gasteiger partial charge in [-0.05, 0) is 18.2 Å². The largest absolute Gasteiger partial charge is 0.315 e. The number of aromatic amines is 1. The molecule has 0 bridgehead atoms.